The predicted octanol–water partition coefficient (Wildman–Crippen LogP) is 1.67. The number of hydrogen-bond donors (Lipinski definition) is 2. The zero-order valence-corrected chi connectivity index (χ0v) is 9.67. The Morgan fingerprint density at radius 3 is 3.00 bits per heavy atom. The number of aryl methyl sites for hydroxylation is 1. The first-order valence-electron chi connectivity index (χ1n) is 4.48. The van der Waals surface area contributed by atoms with Crippen LogP contribution in [0.2, 0.25) is 0 Å². The molecule has 1 heterocycles. The number of aromatic hydroxyl groups is 1. The molecule has 2 rings (SSSR count). The molecule has 0 bridgehead atoms. The first kappa shape index (κ1) is 9.76. The Kier molecular flexibility index (Phi) is 2.62. The van der Waals surface area contributed by atoms with E-state index in [9.17, 15) is 9.90 Å². The molecule has 1 aromatic carbocycles. The van der Waals surface area contributed by atoms with Gasteiger partial charge >= 0.3 is 0 Å². The van der Waals surface area contributed by atoms with Crippen LogP contribution in [0.15, 0.2) is 12.1 Å². The number of carbonyl (C=O) groups excluding carboxylic acids is 1. The van der Waals surface area contributed by atoms with E-state index in [4.69, 9.17) is 0 Å². The van der Waals surface area contributed by atoms with Crippen LogP contribution >= 0.6 is 22.6 Å². The molecule has 4 heteroatoms. The summed E-state index contributed by atoms with van der Waals surface area (Å²) in [6.45, 7) is 0.713. The van der Waals surface area contributed by atoms with Crippen molar-refractivity contribution in [3.05, 3.63) is 26.8 Å². The number of nitrogens with one attached hydrogen (secondary N) is 1. The summed E-state index contributed by atoms with van der Waals surface area (Å²) >= 11 is 2.07. The minimum Gasteiger partial charge on any atom is -0.507 e. The Morgan fingerprint density at radius 2 is 2.21 bits per heavy atom. The van der Waals surface area contributed by atoms with Crippen LogP contribution in [-0.2, 0) is 6.42 Å². The summed E-state index contributed by atoms with van der Waals surface area (Å²) in [5.74, 6) is 0.102. The molecule has 14 heavy (non-hydrogen) atoms. The second kappa shape index (κ2) is 3.76. The Balaban J connectivity index is 2.54. The van der Waals surface area contributed by atoms with Crippen molar-refractivity contribution in [2.45, 2.75) is 12.8 Å². The van der Waals surface area contributed by atoms with E-state index in [0.717, 1.165) is 22.0 Å². The first-order chi connectivity index (χ1) is 6.68. The number of carbonyl (C=O) groups is 1. The summed E-state index contributed by atoms with van der Waals surface area (Å²) in [5.41, 5.74) is 1.64. The molecule has 0 spiro atoms. The number of benzene rings is 1. The maximum absolute atomic E-state index is 11.5. The van der Waals surface area contributed by atoms with Crippen molar-refractivity contribution in [1.82, 2.24) is 5.32 Å². The van der Waals surface area contributed by atoms with Crippen molar-refractivity contribution in [3.8, 4) is 5.75 Å². The Bertz CT molecular complexity index is 390. The fourth-order valence-corrected chi connectivity index (χ4v) is 2.13. The molecule has 2 N–H and O–H groups in total. The van der Waals surface area contributed by atoms with Crippen LogP contribution in [0.3, 0.4) is 0 Å². The molecule has 0 saturated carbocycles. The summed E-state index contributed by atoms with van der Waals surface area (Å²) in [7, 11) is 0. The fourth-order valence-electron chi connectivity index (χ4n) is 1.60. The van der Waals surface area contributed by atoms with Crippen molar-refractivity contribution in [3.63, 3.8) is 0 Å². The second-order valence-electron chi connectivity index (χ2n) is 3.32. The van der Waals surface area contributed by atoms with Gasteiger partial charge in [-0.15, -0.1) is 0 Å². The van der Waals surface area contributed by atoms with Crippen LogP contribution in [0.4, 0.5) is 0 Å². The second-order valence-corrected chi connectivity index (χ2v) is 4.48. The van der Waals surface area contributed by atoms with Gasteiger partial charge in [0.25, 0.3) is 5.91 Å². The largest absolute Gasteiger partial charge is 0.507 e. The molecule has 1 aliphatic heterocycles. The van der Waals surface area contributed by atoms with E-state index in [-0.39, 0.29) is 11.7 Å². The maximum atomic E-state index is 11.5. The maximum Gasteiger partial charge on any atom is 0.251 e. The van der Waals surface area contributed by atoms with E-state index >= 15 is 0 Å². The molecule has 1 aromatic rings. The van der Waals surface area contributed by atoms with Crippen LogP contribution in [-0.4, -0.2) is 17.6 Å². The zero-order valence-electron chi connectivity index (χ0n) is 7.51. The third-order valence-corrected chi connectivity index (χ3v) is 3.19. The van der Waals surface area contributed by atoms with Crippen LogP contribution in [0, 0.1) is 3.57 Å². The van der Waals surface area contributed by atoms with E-state index in [1.165, 1.54) is 0 Å². The van der Waals surface area contributed by atoms with Gasteiger partial charge in [-0.1, -0.05) is 0 Å². The van der Waals surface area contributed by atoms with E-state index in [1.807, 2.05) is 6.07 Å². The van der Waals surface area contributed by atoms with E-state index in [1.54, 1.807) is 6.07 Å². The number of hydrogen-bond acceptors (Lipinski definition) is 2. The van der Waals surface area contributed by atoms with E-state index in [2.05, 4.69) is 27.9 Å². The molecular formula is C10H10INO2. The van der Waals surface area contributed by atoms with Crippen LogP contribution in [0.25, 0.3) is 0 Å². The SMILES string of the molecule is O=C1NCCCc2cc(I)c(O)cc21. The average molecular weight is 303 g/mol. The summed E-state index contributed by atoms with van der Waals surface area (Å²) in [5, 5.41) is 12.3. The predicted molar refractivity (Wildman–Crippen MR) is 61.5 cm³/mol. The van der Waals surface area contributed by atoms with Gasteiger partial charge in [-0.05, 0) is 53.1 Å². The lowest BCUT2D eigenvalue weighted by Crippen LogP contribution is -2.22. The van der Waals surface area contributed by atoms with Gasteiger partial charge in [0.05, 0.1) is 3.57 Å². The van der Waals surface area contributed by atoms with Gasteiger partial charge in [-0.2, -0.15) is 0 Å². The lowest BCUT2D eigenvalue weighted by Gasteiger charge is -2.06. The smallest absolute Gasteiger partial charge is 0.251 e. The molecule has 0 unspecified atom stereocenters. The number of phenols is 1. The molecule has 0 aromatic heterocycles. The third-order valence-electron chi connectivity index (χ3n) is 2.33. The number of fused-ring (bicyclic) bond motifs is 1. The fraction of sp³-hybridized carbons (Fsp3) is 0.300. The van der Waals surface area contributed by atoms with Gasteiger partial charge in [0.2, 0.25) is 0 Å². The van der Waals surface area contributed by atoms with Gasteiger partial charge in [0.15, 0.2) is 0 Å². The molecule has 0 atom stereocenters. The topological polar surface area (TPSA) is 49.3 Å². The lowest BCUT2D eigenvalue weighted by molar-refractivity contribution is 0.0955. The molecular weight excluding hydrogens is 293 g/mol. The Hall–Kier alpha value is -0.780. The number of phenolic OH excluding ortho intramolecular Hbond substituents is 1. The summed E-state index contributed by atoms with van der Waals surface area (Å²) in [4.78, 5) is 11.5. The van der Waals surface area contributed by atoms with Crippen molar-refractivity contribution < 1.29 is 9.90 Å². The Labute approximate surface area is 95.7 Å². The molecule has 0 fully saturated rings. The highest BCUT2D eigenvalue weighted by Gasteiger charge is 2.16. The van der Waals surface area contributed by atoms with Crippen LogP contribution in [0.5, 0.6) is 5.75 Å². The van der Waals surface area contributed by atoms with Gasteiger partial charge in [0, 0.05) is 12.1 Å². The highest BCUT2D eigenvalue weighted by Crippen LogP contribution is 2.25. The average Bonchev–Trinajstić information content (AvgIpc) is 2.31. The highest BCUT2D eigenvalue weighted by atomic mass is 127. The zero-order chi connectivity index (χ0) is 10.1. The summed E-state index contributed by atoms with van der Waals surface area (Å²) < 4.78 is 0.802. The standard InChI is InChI=1S/C10H10INO2/c11-8-4-6-2-1-3-12-10(14)7(6)5-9(8)13/h4-5,13H,1-3H2,(H,12,14). The van der Waals surface area contributed by atoms with Gasteiger partial charge in [-0.3, -0.25) is 4.79 Å². The van der Waals surface area contributed by atoms with Crippen molar-refractivity contribution in [2.75, 3.05) is 6.54 Å². The van der Waals surface area contributed by atoms with Gasteiger partial charge in [0.1, 0.15) is 5.75 Å². The summed E-state index contributed by atoms with van der Waals surface area (Å²) in [6.07, 6.45) is 1.85. The van der Waals surface area contributed by atoms with E-state index < -0.39 is 0 Å². The molecule has 0 radical (unpaired) electrons. The number of amides is 1. The molecule has 0 aliphatic carbocycles. The number of rotatable bonds is 0. The minimum atomic E-state index is -0.0794. The van der Waals surface area contributed by atoms with E-state index in [0.29, 0.717) is 12.1 Å². The normalized spacial score (nSPS) is 15.6. The van der Waals surface area contributed by atoms with Gasteiger partial charge < -0.3 is 10.4 Å². The molecule has 74 valence electrons. The third kappa shape index (κ3) is 1.70. The minimum absolute atomic E-state index is 0.0794. The number of halogens is 1. The van der Waals surface area contributed by atoms with Crippen molar-refractivity contribution in [2.24, 2.45) is 0 Å². The first-order valence-corrected chi connectivity index (χ1v) is 5.56. The van der Waals surface area contributed by atoms with Gasteiger partial charge in [-0.25, -0.2) is 0 Å². The quantitative estimate of drug-likeness (QED) is 0.716. The monoisotopic (exact) mass is 303 g/mol. The lowest BCUT2D eigenvalue weighted by atomic mass is 10.0. The van der Waals surface area contributed by atoms with Crippen LogP contribution in [0.1, 0.15) is 22.3 Å². The summed E-state index contributed by atoms with van der Waals surface area (Å²) in [6, 6.07) is 3.44. The molecule has 1 aliphatic rings. The molecule has 0 saturated heterocycles. The highest BCUT2D eigenvalue weighted by molar-refractivity contribution is 14.1. The van der Waals surface area contributed by atoms with Crippen molar-refractivity contribution >= 4 is 28.5 Å². The van der Waals surface area contributed by atoms with Crippen LogP contribution < -0.4 is 5.32 Å². The molecule has 1 amide bonds. The van der Waals surface area contributed by atoms with Crippen molar-refractivity contribution in [1.29, 1.82) is 0 Å². The Morgan fingerprint density at radius 1 is 1.43 bits per heavy atom. The molecule has 3 nitrogen and oxygen atoms in total.